The lowest BCUT2D eigenvalue weighted by molar-refractivity contribution is -0.151. The lowest BCUT2D eigenvalue weighted by Crippen LogP contribution is -2.56. The van der Waals surface area contributed by atoms with Gasteiger partial charge in [-0.05, 0) is 13.8 Å². The third-order valence-electron chi connectivity index (χ3n) is 2.69. The molecule has 1 fully saturated rings. The van der Waals surface area contributed by atoms with Crippen LogP contribution >= 0.6 is 12.4 Å². The van der Waals surface area contributed by atoms with Crippen molar-refractivity contribution in [2.45, 2.75) is 32.4 Å². The Morgan fingerprint density at radius 3 is 2.79 bits per heavy atom. The number of rotatable bonds is 6. The molecule has 0 spiro atoms. The number of nitrogens with zero attached hydrogens (tertiary/aromatic N) is 1. The quantitative estimate of drug-likeness (QED) is 0.709. The van der Waals surface area contributed by atoms with Gasteiger partial charge in [-0.1, -0.05) is 0 Å². The number of esters is 1. The number of hydrogen-bond donors (Lipinski definition) is 1. The highest BCUT2D eigenvalue weighted by Crippen LogP contribution is 2.07. The molecule has 1 atom stereocenters. The zero-order valence-electron chi connectivity index (χ0n) is 11.7. The van der Waals surface area contributed by atoms with Crippen molar-refractivity contribution in [1.82, 2.24) is 10.2 Å². The molecule has 0 aromatic heterocycles. The summed E-state index contributed by atoms with van der Waals surface area (Å²) in [5.41, 5.74) is 0. The van der Waals surface area contributed by atoms with E-state index in [-0.39, 0.29) is 36.8 Å². The van der Waals surface area contributed by atoms with Crippen LogP contribution in [0.3, 0.4) is 0 Å². The maximum absolute atomic E-state index is 12.1. The predicted octanol–water partition coefficient (Wildman–Crippen LogP) is 0.197. The molecular weight excluding hydrogens is 272 g/mol. The average molecular weight is 295 g/mol. The summed E-state index contributed by atoms with van der Waals surface area (Å²) in [6.07, 6.45) is -0.0682. The number of ether oxygens (including phenoxy) is 2. The Kier molecular flexibility index (Phi) is 8.71. The van der Waals surface area contributed by atoms with E-state index in [4.69, 9.17) is 9.47 Å². The monoisotopic (exact) mass is 294 g/mol. The highest BCUT2D eigenvalue weighted by atomic mass is 35.5. The molecule has 1 aliphatic rings. The molecule has 1 rings (SSSR count). The Balaban J connectivity index is 0.00000324. The summed E-state index contributed by atoms with van der Waals surface area (Å²) in [6.45, 7) is 5.99. The van der Waals surface area contributed by atoms with Crippen molar-refractivity contribution in [3.05, 3.63) is 0 Å². The SMILES string of the molecule is COCCN1CCNC(CC(=O)OC(C)C)C1=O.Cl. The standard InChI is InChI=1S/C12H22N2O4.ClH/c1-9(2)18-11(15)8-10-12(16)14(5-4-13-10)6-7-17-3;/h9-10,13H,4-8H2,1-3H3;1H. The molecule has 0 radical (unpaired) electrons. The first-order valence-corrected chi connectivity index (χ1v) is 6.25. The topological polar surface area (TPSA) is 67.9 Å². The summed E-state index contributed by atoms with van der Waals surface area (Å²) >= 11 is 0. The number of hydrogen-bond acceptors (Lipinski definition) is 5. The molecule has 1 aliphatic heterocycles. The lowest BCUT2D eigenvalue weighted by atomic mass is 10.1. The van der Waals surface area contributed by atoms with Gasteiger partial charge in [0.15, 0.2) is 0 Å². The van der Waals surface area contributed by atoms with E-state index < -0.39 is 6.04 Å². The van der Waals surface area contributed by atoms with Crippen LogP contribution in [0.5, 0.6) is 0 Å². The zero-order valence-corrected chi connectivity index (χ0v) is 12.5. The van der Waals surface area contributed by atoms with Gasteiger partial charge < -0.3 is 19.7 Å². The number of carbonyl (C=O) groups excluding carboxylic acids is 2. The van der Waals surface area contributed by atoms with E-state index in [0.717, 1.165) is 0 Å². The molecule has 1 amide bonds. The normalized spacial score (nSPS) is 19.3. The van der Waals surface area contributed by atoms with Crippen LogP contribution in [0.4, 0.5) is 0 Å². The van der Waals surface area contributed by atoms with Gasteiger partial charge in [0.25, 0.3) is 0 Å². The minimum atomic E-state index is -0.471. The summed E-state index contributed by atoms with van der Waals surface area (Å²) in [7, 11) is 1.60. The molecule has 1 heterocycles. The first kappa shape index (κ1) is 18.1. The Labute approximate surface area is 120 Å². The minimum absolute atomic E-state index is 0. The van der Waals surface area contributed by atoms with Crippen LogP contribution in [0, 0.1) is 0 Å². The van der Waals surface area contributed by atoms with Crippen LogP contribution < -0.4 is 5.32 Å². The Morgan fingerprint density at radius 1 is 1.53 bits per heavy atom. The summed E-state index contributed by atoms with van der Waals surface area (Å²) in [4.78, 5) is 25.3. The Morgan fingerprint density at radius 2 is 2.21 bits per heavy atom. The third kappa shape index (κ3) is 6.22. The maximum atomic E-state index is 12.1. The van der Waals surface area contributed by atoms with E-state index >= 15 is 0 Å². The van der Waals surface area contributed by atoms with Gasteiger partial charge in [0.2, 0.25) is 5.91 Å². The molecule has 0 saturated carbocycles. The van der Waals surface area contributed by atoms with Crippen LogP contribution in [0.1, 0.15) is 20.3 Å². The second-order valence-electron chi connectivity index (χ2n) is 4.57. The van der Waals surface area contributed by atoms with Crippen molar-refractivity contribution < 1.29 is 19.1 Å². The highest BCUT2D eigenvalue weighted by Gasteiger charge is 2.30. The Bertz CT molecular complexity index is 299. The zero-order chi connectivity index (χ0) is 13.5. The van der Waals surface area contributed by atoms with Crippen molar-refractivity contribution in [2.75, 3.05) is 33.4 Å². The van der Waals surface area contributed by atoms with Gasteiger partial charge >= 0.3 is 5.97 Å². The van der Waals surface area contributed by atoms with Gasteiger partial charge in [-0.25, -0.2) is 0 Å². The predicted molar refractivity (Wildman–Crippen MR) is 73.3 cm³/mol. The number of nitrogens with one attached hydrogen (secondary N) is 1. The molecule has 19 heavy (non-hydrogen) atoms. The molecule has 112 valence electrons. The smallest absolute Gasteiger partial charge is 0.308 e. The molecule has 0 aliphatic carbocycles. The largest absolute Gasteiger partial charge is 0.463 e. The minimum Gasteiger partial charge on any atom is -0.463 e. The lowest BCUT2D eigenvalue weighted by Gasteiger charge is -2.32. The second kappa shape index (κ2) is 9.12. The highest BCUT2D eigenvalue weighted by molar-refractivity contribution is 5.87. The fraction of sp³-hybridized carbons (Fsp3) is 0.833. The summed E-state index contributed by atoms with van der Waals surface area (Å²) in [6, 6.07) is -0.471. The molecule has 1 unspecified atom stereocenters. The van der Waals surface area contributed by atoms with E-state index in [0.29, 0.717) is 26.2 Å². The van der Waals surface area contributed by atoms with Gasteiger partial charge in [-0.2, -0.15) is 0 Å². The summed E-state index contributed by atoms with van der Waals surface area (Å²) in [5.74, 6) is -0.400. The molecule has 0 aromatic rings. The van der Waals surface area contributed by atoms with Gasteiger partial charge in [0, 0.05) is 26.7 Å². The molecule has 7 heteroatoms. The summed E-state index contributed by atoms with van der Waals surface area (Å²) in [5, 5.41) is 3.05. The van der Waals surface area contributed by atoms with Crippen molar-refractivity contribution >= 4 is 24.3 Å². The van der Waals surface area contributed by atoms with Crippen molar-refractivity contribution in [2.24, 2.45) is 0 Å². The summed E-state index contributed by atoms with van der Waals surface area (Å²) < 4.78 is 10.00. The molecule has 1 saturated heterocycles. The van der Waals surface area contributed by atoms with Gasteiger partial charge in [-0.15, -0.1) is 12.4 Å². The van der Waals surface area contributed by atoms with Crippen molar-refractivity contribution in [3.8, 4) is 0 Å². The third-order valence-corrected chi connectivity index (χ3v) is 2.69. The van der Waals surface area contributed by atoms with Crippen LogP contribution in [-0.4, -0.2) is 62.3 Å². The molecule has 0 aromatic carbocycles. The van der Waals surface area contributed by atoms with E-state index in [1.54, 1.807) is 25.9 Å². The van der Waals surface area contributed by atoms with E-state index in [1.807, 2.05) is 0 Å². The average Bonchev–Trinajstić information content (AvgIpc) is 2.29. The van der Waals surface area contributed by atoms with E-state index in [1.165, 1.54) is 0 Å². The molecule has 1 N–H and O–H groups in total. The van der Waals surface area contributed by atoms with Crippen LogP contribution in [0.25, 0.3) is 0 Å². The van der Waals surface area contributed by atoms with Crippen molar-refractivity contribution in [1.29, 1.82) is 0 Å². The molecule has 0 bridgehead atoms. The van der Waals surface area contributed by atoms with E-state index in [2.05, 4.69) is 5.32 Å². The fourth-order valence-electron chi connectivity index (χ4n) is 1.85. The van der Waals surface area contributed by atoms with Gasteiger partial charge in [-0.3, -0.25) is 9.59 Å². The van der Waals surface area contributed by atoms with Crippen LogP contribution in [-0.2, 0) is 19.1 Å². The Hall–Kier alpha value is -0.850. The molecular formula is C12H23ClN2O4. The first-order valence-electron chi connectivity index (χ1n) is 6.25. The van der Waals surface area contributed by atoms with Crippen LogP contribution in [0.15, 0.2) is 0 Å². The van der Waals surface area contributed by atoms with Gasteiger partial charge in [0.1, 0.15) is 0 Å². The first-order chi connectivity index (χ1) is 8.54. The van der Waals surface area contributed by atoms with Crippen LogP contribution in [0.2, 0.25) is 0 Å². The van der Waals surface area contributed by atoms with E-state index in [9.17, 15) is 9.59 Å². The number of halogens is 1. The maximum Gasteiger partial charge on any atom is 0.308 e. The number of carbonyl (C=O) groups is 2. The second-order valence-corrected chi connectivity index (χ2v) is 4.57. The molecule has 6 nitrogen and oxygen atoms in total. The number of methoxy groups -OCH3 is 1. The number of piperazine rings is 1. The fourth-order valence-corrected chi connectivity index (χ4v) is 1.85. The van der Waals surface area contributed by atoms with Gasteiger partial charge in [0.05, 0.1) is 25.2 Å². The number of amides is 1. The van der Waals surface area contributed by atoms with Crippen molar-refractivity contribution in [3.63, 3.8) is 0 Å².